The van der Waals surface area contributed by atoms with Gasteiger partial charge in [0, 0.05) is 25.7 Å². The van der Waals surface area contributed by atoms with Crippen molar-refractivity contribution < 1.29 is 0 Å². The van der Waals surface area contributed by atoms with Crippen molar-refractivity contribution in [2.75, 3.05) is 13.1 Å². The van der Waals surface area contributed by atoms with Crippen molar-refractivity contribution in [3.63, 3.8) is 0 Å². The number of likely N-dealkylation sites (tertiary alicyclic amines) is 1. The number of nitrogens with zero attached hydrogens (tertiary/aromatic N) is 4. The van der Waals surface area contributed by atoms with Crippen LogP contribution in [0.2, 0.25) is 0 Å². The van der Waals surface area contributed by atoms with E-state index >= 15 is 0 Å². The third-order valence-corrected chi connectivity index (χ3v) is 3.57. The lowest BCUT2D eigenvalue weighted by Crippen LogP contribution is -2.46. The van der Waals surface area contributed by atoms with Crippen molar-refractivity contribution in [2.24, 2.45) is 7.05 Å². The van der Waals surface area contributed by atoms with Crippen LogP contribution in [-0.4, -0.2) is 44.8 Å². The van der Waals surface area contributed by atoms with Gasteiger partial charge in [-0.2, -0.15) is 5.10 Å². The van der Waals surface area contributed by atoms with Crippen LogP contribution in [0.5, 0.6) is 0 Å². The number of aryl methyl sites for hydroxylation is 1. The molecule has 1 N–H and O–H groups in total. The van der Waals surface area contributed by atoms with E-state index in [9.17, 15) is 0 Å². The summed E-state index contributed by atoms with van der Waals surface area (Å²) in [5.74, 6) is 0.944. The summed E-state index contributed by atoms with van der Waals surface area (Å²) in [6.07, 6.45) is 7.13. The minimum atomic E-state index is 0.681. The Morgan fingerprint density at radius 2 is 2.24 bits per heavy atom. The zero-order valence-electron chi connectivity index (χ0n) is 10.5. The summed E-state index contributed by atoms with van der Waals surface area (Å²) in [5.41, 5.74) is 0. The number of nitrogens with one attached hydrogen (secondary N) is 1. The highest BCUT2D eigenvalue weighted by Crippen LogP contribution is 2.22. The Morgan fingerprint density at radius 1 is 1.35 bits per heavy atom. The highest BCUT2D eigenvalue weighted by atomic mass is 15.3. The van der Waals surface area contributed by atoms with Crippen LogP contribution in [0, 0.1) is 0 Å². The lowest BCUT2D eigenvalue weighted by atomic mass is 10.1. The molecule has 0 radical (unpaired) electrons. The van der Waals surface area contributed by atoms with Crippen molar-refractivity contribution in [1.29, 1.82) is 0 Å². The molecule has 0 aromatic carbocycles. The van der Waals surface area contributed by atoms with Gasteiger partial charge in [-0.05, 0) is 32.2 Å². The summed E-state index contributed by atoms with van der Waals surface area (Å²) in [6.45, 7) is 3.22. The monoisotopic (exact) mass is 235 g/mol. The van der Waals surface area contributed by atoms with E-state index in [0.717, 1.165) is 25.0 Å². The maximum atomic E-state index is 4.35. The Balaban J connectivity index is 1.52. The van der Waals surface area contributed by atoms with Gasteiger partial charge in [0.05, 0.1) is 6.54 Å². The second kappa shape index (κ2) is 4.74. The van der Waals surface area contributed by atoms with E-state index in [4.69, 9.17) is 0 Å². The fraction of sp³-hybridized carbons (Fsp3) is 0.833. The van der Waals surface area contributed by atoms with Crippen LogP contribution in [-0.2, 0) is 13.6 Å². The van der Waals surface area contributed by atoms with Gasteiger partial charge >= 0.3 is 0 Å². The average Bonchev–Trinajstić information content (AvgIpc) is 3.02. The number of aromatic nitrogens is 3. The van der Waals surface area contributed by atoms with Gasteiger partial charge in [-0.15, -0.1) is 0 Å². The zero-order valence-corrected chi connectivity index (χ0v) is 10.5. The largest absolute Gasteiger partial charge is 0.310 e. The topological polar surface area (TPSA) is 46.0 Å². The fourth-order valence-corrected chi connectivity index (χ4v) is 2.57. The molecule has 0 bridgehead atoms. The van der Waals surface area contributed by atoms with Crippen molar-refractivity contribution in [3.8, 4) is 0 Å². The Hall–Kier alpha value is -0.940. The van der Waals surface area contributed by atoms with Gasteiger partial charge in [-0.3, -0.25) is 9.58 Å². The maximum absolute atomic E-state index is 4.35. The van der Waals surface area contributed by atoms with Crippen LogP contribution < -0.4 is 5.32 Å². The van der Waals surface area contributed by atoms with Crippen molar-refractivity contribution in [2.45, 2.75) is 44.3 Å². The van der Waals surface area contributed by atoms with E-state index < -0.39 is 0 Å². The molecular weight excluding hydrogens is 214 g/mol. The first-order valence-corrected chi connectivity index (χ1v) is 6.62. The number of rotatable bonds is 4. The summed E-state index contributed by atoms with van der Waals surface area (Å²) >= 11 is 0. The first kappa shape index (κ1) is 11.2. The van der Waals surface area contributed by atoms with Gasteiger partial charge in [0.15, 0.2) is 5.82 Å². The predicted molar refractivity (Wildman–Crippen MR) is 65.5 cm³/mol. The first-order chi connectivity index (χ1) is 8.29. The Labute approximate surface area is 102 Å². The lowest BCUT2D eigenvalue weighted by Gasteiger charge is -2.32. The SMILES string of the molecule is Cn1cnc(CN2CCCC(NC3CC3)C2)n1. The highest BCUT2D eigenvalue weighted by molar-refractivity contribution is 4.90. The quantitative estimate of drug-likeness (QED) is 0.827. The van der Waals surface area contributed by atoms with Gasteiger partial charge in [0.1, 0.15) is 6.33 Å². The average molecular weight is 235 g/mol. The molecule has 1 aromatic rings. The molecule has 1 aliphatic carbocycles. The summed E-state index contributed by atoms with van der Waals surface area (Å²) in [6, 6.07) is 1.49. The van der Waals surface area contributed by atoms with Gasteiger partial charge in [0.25, 0.3) is 0 Å². The Morgan fingerprint density at radius 3 is 2.94 bits per heavy atom. The molecule has 1 saturated carbocycles. The van der Waals surface area contributed by atoms with Crippen molar-refractivity contribution >= 4 is 0 Å². The molecule has 0 amide bonds. The predicted octanol–water partition coefficient (Wildman–Crippen LogP) is 0.531. The van der Waals surface area contributed by atoms with Crippen molar-refractivity contribution in [3.05, 3.63) is 12.2 Å². The number of hydrogen-bond donors (Lipinski definition) is 1. The maximum Gasteiger partial charge on any atom is 0.164 e. The lowest BCUT2D eigenvalue weighted by molar-refractivity contribution is 0.179. The van der Waals surface area contributed by atoms with E-state index in [1.165, 1.54) is 32.2 Å². The van der Waals surface area contributed by atoms with E-state index in [1.54, 1.807) is 11.0 Å². The van der Waals surface area contributed by atoms with Crippen LogP contribution in [0.4, 0.5) is 0 Å². The van der Waals surface area contributed by atoms with Crippen LogP contribution in [0.1, 0.15) is 31.5 Å². The summed E-state index contributed by atoms with van der Waals surface area (Å²) in [5, 5.41) is 8.07. The van der Waals surface area contributed by atoms with Crippen LogP contribution >= 0.6 is 0 Å². The van der Waals surface area contributed by atoms with Crippen LogP contribution in [0.15, 0.2) is 6.33 Å². The molecule has 5 nitrogen and oxygen atoms in total. The normalized spacial score (nSPS) is 26.3. The minimum absolute atomic E-state index is 0.681. The van der Waals surface area contributed by atoms with Gasteiger partial charge in [0.2, 0.25) is 0 Å². The van der Waals surface area contributed by atoms with Crippen LogP contribution in [0.3, 0.4) is 0 Å². The Bertz CT molecular complexity index is 371. The Kier molecular flexibility index (Phi) is 3.11. The fourth-order valence-electron chi connectivity index (χ4n) is 2.57. The molecule has 2 aliphatic rings. The molecule has 0 spiro atoms. The highest BCUT2D eigenvalue weighted by Gasteiger charge is 2.27. The second-order valence-corrected chi connectivity index (χ2v) is 5.35. The molecule has 1 unspecified atom stereocenters. The third kappa shape index (κ3) is 3.04. The standard InChI is InChI=1S/C12H21N5/c1-16-9-13-12(15-16)8-17-6-2-3-11(7-17)14-10-4-5-10/h9-11,14H,2-8H2,1H3. The van der Waals surface area contributed by atoms with Crippen LogP contribution in [0.25, 0.3) is 0 Å². The number of piperidine rings is 1. The molecule has 2 heterocycles. The molecule has 17 heavy (non-hydrogen) atoms. The molecule has 1 aliphatic heterocycles. The van der Waals surface area contributed by atoms with Gasteiger partial charge in [-0.25, -0.2) is 4.98 Å². The van der Waals surface area contributed by atoms with E-state index in [0.29, 0.717) is 6.04 Å². The van der Waals surface area contributed by atoms with Gasteiger partial charge < -0.3 is 5.32 Å². The molecule has 2 fully saturated rings. The molecule has 1 saturated heterocycles. The molecule has 1 atom stereocenters. The smallest absolute Gasteiger partial charge is 0.164 e. The van der Waals surface area contributed by atoms with E-state index in [-0.39, 0.29) is 0 Å². The summed E-state index contributed by atoms with van der Waals surface area (Å²) in [4.78, 5) is 6.77. The van der Waals surface area contributed by atoms with Gasteiger partial charge in [-0.1, -0.05) is 0 Å². The minimum Gasteiger partial charge on any atom is -0.310 e. The first-order valence-electron chi connectivity index (χ1n) is 6.62. The molecule has 1 aromatic heterocycles. The second-order valence-electron chi connectivity index (χ2n) is 5.35. The zero-order chi connectivity index (χ0) is 11.7. The molecule has 3 rings (SSSR count). The molecule has 94 valence electrons. The van der Waals surface area contributed by atoms with Crippen molar-refractivity contribution in [1.82, 2.24) is 25.0 Å². The summed E-state index contributed by atoms with van der Waals surface area (Å²) < 4.78 is 1.78. The molecule has 5 heteroatoms. The summed E-state index contributed by atoms with van der Waals surface area (Å²) in [7, 11) is 1.92. The molecular formula is C12H21N5. The number of hydrogen-bond acceptors (Lipinski definition) is 4. The third-order valence-electron chi connectivity index (χ3n) is 3.57. The van der Waals surface area contributed by atoms with E-state index in [1.807, 2.05) is 7.05 Å². The van der Waals surface area contributed by atoms with E-state index in [2.05, 4.69) is 20.3 Å².